The fourth-order valence-corrected chi connectivity index (χ4v) is 4.12. The van der Waals surface area contributed by atoms with Crippen molar-refractivity contribution in [2.45, 2.75) is 45.2 Å². The Labute approximate surface area is 166 Å². The van der Waals surface area contributed by atoms with Crippen LogP contribution in [0.1, 0.15) is 36.7 Å². The van der Waals surface area contributed by atoms with Gasteiger partial charge in [-0.3, -0.25) is 4.57 Å². The van der Waals surface area contributed by atoms with Crippen LogP contribution < -0.4 is 9.46 Å². The summed E-state index contributed by atoms with van der Waals surface area (Å²) in [5.41, 5.74) is 2.89. The number of aryl methyl sites for hydroxylation is 2. The fraction of sp³-hybridized carbons (Fsp3) is 0.286. The molecule has 148 valence electrons. The topological polar surface area (TPSA) is 73.2 Å². The second-order valence-corrected chi connectivity index (χ2v) is 8.50. The third kappa shape index (κ3) is 4.43. The quantitative estimate of drug-likeness (QED) is 0.641. The van der Waals surface area contributed by atoms with E-state index in [-0.39, 0.29) is 4.90 Å². The predicted molar refractivity (Wildman–Crippen MR) is 109 cm³/mol. The van der Waals surface area contributed by atoms with Crippen molar-refractivity contribution in [3.63, 3.8) is 0 Å². The van der Waals surface area contributed by atoms with Crippen LogP contribution in [-0.2, 0) is 16.6 Å². The first kappa shape index (κ1) is 20.1. The van der Waals surface area contributed by atoms with E-state index < -0.39 is 16.1 Å². The summed E-state index contributed by atoms with van der Waals surface area (Å²) in [6.45, 7) is 8.30. The van der Waals surface area contributed by atoms with E-state index in [1.165, 1.54) is 0 Å². The van der Waals surface area contributed by atoms with Crippen molar-refractivity contribution in [2.24, 2.45) is 0 Å². The van der Waals surface area contributed by atoms with E-state index in [1.54, 1.807) is 37.4 Å². The van der Waals surface area contributed by atoms with Crippen LogP contribution >= 0.6 is 0 Å². The van der Waals surface area contributed by atoms with Gasteiger partial charge in [0.2, 0.25) is 10.0 Å². The number of imidazole rings is 1. The Morgan fingerprint density at radius 2 is 1.61 bits per heavy atom. The van der Waals surface area contributed by atoms with Crippen molar-refractivity contribution in [2.75, 3.05) is 0 Å². The van der Waals surface area contributed by atoms with E-state index in [1.807, 2.05) is 49.6 Å². The fourth-order valence-electron chi connectivity index (χ4n) is 2.91. The summed E-state index contributed by atoms with van der Waals surface area (Å²) >= 11 is 0. The van der Waals surface area contributed by atoms with Gasteiger partial charge in [0, 0.05) is 6.54 Å². The Hall–Kier alpha value is -2.64. The Kier molecular flexibility index (Phi) is 5.86. The van der Waals surface area contributed by atoms with Crippen LogP contribution in [0.2, 0.25) is 0 Å². The number of nitrogens with zero attached hydrogens (tertiary/aromatic N) is 2. The largest absolute Gasteiger partial charge is 0.426 e. The standard InChI is InChI=1S/C21H25N3O3S/c1-5-24-20(14-22-21(24)27-18-10-6-15(2)7-11-18)17(4)23-28(25,26)19-12-8-16(3)9-13-19/h6-14,17,23H,5H2,1-4H3. The molecule has 0 amide bonds. The van der Waals surface area contributed by atoms with Crippen LogP contribution in [0.15, 0.2) is 59.6 Å². The summed E-state index contributed by atoms with van der Waals surface area (Å²) < 4.78 is 35.8. The van der Waals surface area contributed by atoms with Crippen molar-refractivity contribution < 1.29 is 13.2 Å². The molecule has 0 bridgehead atoms. The molecule has 1 N–H and O–H groups in total. The van der Waals surface area contributed by atoms with Crippen LogP contribution in [-0.4, -0.2) is 18.0 Å². The molecule has 0 saturated carbocycles. The summed E-state index contributed by atoms with van der Waals surface area (Å²) in [4.78, 5) is 4.59. The molecular formula is C21H25N3O3S. The van der Waals surface area contributed by atoms with Gasteiger partial charge in [-0.2, -0.15) is 0 Å². The molecule has 3 aromatic rings. The monoisotopic (exact) mass is 399 g/mol. The summed E-state index contributed by atoms with van der Waals surface area (Å²) in [5.74, 6) is 0.685. The Morgan fingerprint density at radius 1 is 1.04 bits per heavy atom. The predicted octanol–water partition coefficient (Wildman–Crippen LogP) is 4.35. The maximum Gasteiger partial charge on any atom is 0.302 e. The molecule has 7 heteroatoms. The number of hydrogen-bond donors (Lipinski definition) is 1. The van der Waals surface area contributed by atoms with Gasteiger partial charge in [-0.25, -0.2) is 18.1 Å². The third-order valence-corrected chi connectivity index (χ3v) is 6.06. The Bertz CT molecular complexity index is 1040. The van der Waals surface area contributed by atoms with Crippen molar-refractivity contribution in [1.82, 2.24) is 14.3 Å². The molecule has 6 nitrogen and oxygen atoms in total. The molecule has 0 aliphatic rings. The van der Waals surface area contributed by atoms with E-state index in [4.69, 9.17) is 4.74 Å². The average Bonchev–Trinajstić information content (AvgIpc) is 3.06. The summed E-state index contributed by atoms with van der Waals surface area (Å²) in [6.07, 6.45) is 1.65. The maximum absolute atomic E-state index is 12.7. The molecular weight excluding hydrogens is 374 g/mol. The van der Waals surface area contributed by atoms with Crippen LogP contribution in [0.5, 0.6) is 11.8 Å². The molecule has 1 heterocycles. The van der Waals surface area contributed by atoms with E-state index in [9.17, 15) is 8.42 Å². The minimum atomic E-state index is -3.64. The van der Waals surface area contributed by atoms with E-state index in [2.05, 4.69) is 9.71 Å². The van der Waals surface area contributed by atoms with E-state index in [0.717, 1.165) is 16.8 Å². The molecule has 0 aliphatic carbocycles. The third-order valence-electron chi connectivity index (χ3n) is 4.50. The number of sulfonamides is 1. The lowest BCUT2D eigenvalue weighted by atomic mass is 10.2. The second kappa shape index (κ2) is 8.16. The summed E-state index contributed by atoms with van der Waals surface area (Å²) in [6, 6.07) is 14.4. The highest BCUT2D eigenvalue weighted by Gasteiger charge is 2.22. The van der Waals surface area contributed by atoms with Gasteiger partial charge >= 0.3 is 6.01 Å². The molecule has 2 aromatic carbocycles. The minimum absolute atomic E-state index is 0.239. The van der Waals surface area contributed by atoms with E-state index >= 15 is 0 Å². The van der Waals surface area contributed by atoms with Gasteiger partial charge in [0.05, 0.1) is 22.8 Å². The number of benzene rings is 2. The number of hydrogen-bond acceptors (Lipinski definition) is 4. The molecule has 0 saturated heterocycles. The van der Waals surface area contributed by atoms with Crippen LogP contribution in [0.3, 0.4) is 0 Å². The van der Waals surface area contributed by atoms with Gasteiger partial charge in [-0.1, -0.05) is 35.4 Å². The number of ether oxygens (including phenoxy) is 1. The first-order valence-electron chi connectivity index (χ1n) is 9.19. The molecule has 1 unspecified atom stereocenters. The molecule has 28 heavy (non-hydrogen) atoms. The number of rotatable bonds is 7. The molecule has 3 rings (SSSR count). The van der Waals surface area contributed by atoms with Gasteiger partial charge in [0.15, 0.2) is 0 Å². The van der Waals surface area contributed by atoms with Crippen molar-refractivity contribution >= 4 is 10.0 Å². The van der Waals surface area contributed by atoms with Gasteiger partial charge in [0.1, 0.15) is 5.75 Å². The average molecular weight is 400 g/mol. The lowest BCUT2D eigenvalue weighted by Gasteiger charge is -2.17. The van der Waals surface area contributed by atoms with Crippen molar-refractivity contribution in [3.05, 3.63) is 71.5 Å². The van der Waals surface area contributed by atoms with Gasteiger partial charge in [-0.05, 0) is 52.0 Å². The highest BCUT2D eigenvalue weighted by atomic mass is 32.2. The lowest BCUT2D eigenvalue weighted by molar-refractivity contribution is 0.408. The van der Waals surface area contributed by atoms with E-state index in [0.29, 0.717) is 18.3 Å². The van der Waals surface area contributed by atoms with Crippen LogP contribution in [0, 0.1) is 13.8 Å². The maximum atomic E-state index is 12.7. The Balaban J connectivity index is 1.81. The highest BCUT2D eigenvalue weighted by Crippen LogP contribution is 2.26. The van der Waals surface area contributed by atoms with Crippen LogP contribution in [0.25, 0.3) is 0 Å². The molecule has 0 fully saturated rings. The van der Waals surface area contributed by atoms with Gasteiger partial charge in [-0.15, -0.1) is 0 Å². The molecule has 0 aliphatic heterocycles. The first-order valence-corrected chi connectivity index (χ1v) is 10.7. The highest BCUT2D eigenvalue weighted by molar-refractivity contribution is 7.89. The smallest absolute Gasteiger partial charge is 0.302 e. The molecule has 0 spiro atoms. The van der Waals surface area contributed by atoms with Gasteiger partial charge in [0.25, 0.3) is 0 Å². The zero-order valence-electron chi connectivity index (χ0n) is 16.5. The van der Waals surface area contributed by atoms with Crippen LogP contribution in [0.4, 0.5) is 0 Å². The molecule has 1 atom stereocenters. The zero-order chi connectivity index (χ0) is 20.3. The summed E-state index contributed by atoms with van der Waals surface area (Å²) in [7, 11) is -3.64. The van der Waals surface area contributed by atoms with Gasteiger partial charge < -0.3 is 4.74 Å². The summed E-state index contributed by atoms with van der Waals surface area (Å²) in [5, 5.41) is 0. The first-order chi connectivity index (χ1) is 13.3. The Morgan fingerprint density at radius 3 is 2.18 bits per heavy atom. The van der Waals surface area contributed by atoms with Crippen molar-refractivity contribution in [3.8, 4) is 11.8 Å². The number of nitrogens with one attached hydrogen (secondary N) is 1. The van der Waals surface area contributed by atoms with Crippen molar-refractivity contribution in [1.29, 1.82) is 0 Å². The normalized spacial score (nSPS) is 12.7. The SMILES string of the molecule is CCn1c(C(C)NS(=O)(=O)c2ccc(C)cc2)cnc1Oc1ccc(C)cc1. The minimum Gasteiger partial charge on any atom is -0.426 e. The lowest BCUT2D eigenvalue weighted by Crippen LogP contribution is -2.28. The molecule has 1 aromatic heterocycles. The zero-order valence-corrected chi connectivity index (χ0v) is 17.3. The second-order valence-electron chi connectivity index (χ2n) is 6.78. The molecule has 0 radical (unpaired) electrons. The number of aromatic nitrogens is 2.